The van der Waals surface area contributed by atoms with Gasteiger partial charge in [0, 0.05) is 41.1 Å². The van der Waals surface area contributed by atoms with E-state index in [2.05, 4.69) is 9.88 Å². The Kier molecular flexibility index (Phi) is 5.34. The number of aromatic nitrogens is 1. The molecule has 6 nitrogen and oxygen atoms in total. The molecule has 0 fully saturated rings. The minimum Gasteiger partial charge on any atom is -0.493 e. The van der Waals surface area contributed by atoms with Crippen LogP contribution in [0.1, 0.15) is 27.2 Å². The van der Waals surface area contributed by atoms with Gasteiger partial charge in [-0.15, -0.1) is 0 Å². The van der Waals surface area contributed by atoms with Gasteiger partial charge in [0.15, 0.2) is 11.5 Å². The average molecular weight is 435 g/mol. The van der Waals surface area contributed by atoms with Crippen molar-refractivity contribution in [1.29, 1.82) is 0 Å². The summed E-state index contributed by atoms with van der Waals surface area (Å²) in [5, 5.41) is 11.3. The van der Waals surface area contributed by atoms with E-state index in [1.807, 2.05) is 12.1 Å². The summed E-state index contributed by atoms with van der Waals surface area (Å²) in [7, 11) is 3.24. The molecule has 0 radical (unpaired) electrons. The number of halogens is 2. The number of aromatic carboxylic acids is 1. The van der Waals surface area contributed by atoms with E-state index in [-0.39, 0.29) is 5.69 Å². The van der Waals surface area contributed by atoms with E-state index < -0.39 is 5.97 Å². The lowest BCUT2D eigenvalue weighted by atomic mass is 9.98. The first-order valence-corrected chi connectivity index (χ1v) is 9.86. The van der Waals surface area contributed by atoms with Crippen LogP contribution in [0.2, 0.25) is 10.0 Å². The lowest BCUT2D eigenvalue weighted by Crippen LogP contribution is -2.30. The highest BCUT2D eigenvalue weighted by molar-refractivity contribution is 6.39. The highest BCUT2D eigenvalue weighted by Crippen LogP contribution is 2.36. The zero-order chi connectivity index (χ0) is 20.7. The second-order valence-corrected chi connectivity index (χ2v) is 7.87. The fraction of sp³-hybridized carbons (Fsp3) is 0.286. The van der Waals surface area contributed by atoms with Crippen LogP contribution in [0, 0.1) is 0 Å². The van der Waals surface area contributed by atoms with Gasteiger partial charge in [-0.25, -0.2) is 4.79 Å². The van der Waals surface area contributed by atoms with Gasteiger partial charge < -0.3 is 19.6 Å². The second kappa shape index (κ2) is 7.78. The highest BCUT2D eigenvalue weighted by atomic mass is 35.5. The number of fused-ring (bicyclic) bond motifs is 2. The number of aromatic amines is 1. The summed E-state index contributed by atoms with van der Waals surface area (Å²) >= 11 is 12.5. The van der Waals surface area contributed by atoms with Gasteiger partial charge in [-0.05, 0) is 41.8 Å². The monoisotopic (exact) mass is 434 g/mol. The van der Waals surface area contributed by atoms with E-state index in [4.69, 9.17) is 32.7 Å². The molecule has 0 saturated carbocycles. The summed E-state index contributed by atoms with van der Waals surface area (Å²) in [5.74, 6) is 0.379. The standard InChI is InChI=1S/C21H20Cl2N2O4/c1-28-17-5-11-3-4-25(9-12(11)6-18(17)29-2)10-14-19-15(23)7-13(22)8-16(19)24-20(14)21(26)27/h5-8,24H,3-4,9-10H2,1-2H3,(H,26,27). The summed E-state index contributed by atoms with van der Waals surface area (Å²) in [6.45, 7) is 1.92. The van der Waals surface area contributed by atoms with Crippen molar-refractivity contribution in [2.45, 2.75) is 19.5 Å². The van der Waals surface area contributed by atoms with E-state index in [9.17, 15) is 9.90 Å². The third kappa shape index (κ3) is 3.64. The van der Waals surface area contributed by atoms with Crippen LogP contribution in [0.4, 0.5) is 0 Å². The molecule has 0 aliphatic carbocycles. The maximum absolute atomic E-state index is 11.8. The van der Waals surface area contributed by atoms with Gasteiger partial charge in [-0.1, -0.05) is 23.2 Å². The fourth-order valence-corrected chi connectivity index (χ4v) is 4.56. The first-order chi connectivity index (χ1) is 13.9. The van der Waals surface area contributed by atoms with Crippen LogP contribution < -0.4 is 9.47 Å². The number of carboxylic acids is 1. The molecular weight excluding hydrogens is 415 g/mol. The summed E-state index contributed by atoms with van der Waals surface area (Å²) in [4.78, 5) is 17.0. The minimum absolute atomic E-state index is 0.141. The maximum Gasteiger partial charge on any atom is 0.352 e. The Bertz CT molecular complexity index is 1110. The van der Waals surface area contributed by atoms with Crippen LogP contribution in [-0.2, 0) is 19.5 Å². The SMILES string of the molecule is COc1cc2c(cc1OC)CN(Cc1c(C(=O)O)[nH]c3cc(Cl)cc(Cl)c13)CC2. The molecule has 29 heavy (non-hydrogen) atoms. The van der Waals surface area contributed by atoms with E-state index in [0.717, 1.165) is 18.5 Å². The van der Waals surface area contributed by atoms with Crippen molar-refractivity contribution < 1.29 is 19.4 Å². The van der Waals surface area contributed by atoms with Crippen LogP contribution in [0.15, 0.2) is 24.3 Å². The zero-order valence-electron chi connectivity index (χ0n) is 16.0. The molecule has 1 aliphatic rings. The number of nitrogens with zero attached hydrogens (tertiary/aromatic N) is 1. The molecule has 0 spiro atoms. The van der Waals surface area contributed by atoms with Crippen LogP contribution in [0.25, 0.3) is 10.9 Å². The lowest BCUT2D eigenvalue weighted by molar-refractivity contribution is 0.0689. The number of methoxy groups -OCH3 is 2. The number of hydrogen-bond donors (Lipinski definition) is 2. The predicted molar refractivity (Wildman–Crippen MR) is 113 cm³/mol. The molecule has 0 bridgehead atoms. The van der Waals surface area contributed by atoms with E-state index >= 15 is 0 Å². The molecule has 0 unspecified atom stereocenters. The van der Waals surface area contributed by atoms with Crippen LogP contribution >= 0.6 is 23.2 Å². The first-order valence-electron chi connectivity index (χ1n) is 9.10. The van der Waals surface area contributed by atoms with Gasteiger partial charge in [0.2, 0.25) is 0 Å². The van der Waals surface area contributed by atoms with Crippen molar-refractivity contribution in [3.05, 3.63) is 56.7 Å². The molecule has 2 aromatic carbocycles. The number of hydrogen-bond acceptors (Lipinski definition) is 4. The summed E-state index contributed by atoms with van der Waals surface area (Å²) < 4.78 is 10.8. The summed E-state index contributed by atoms with van der Waals surface area (Å²) in [6.07, 6.45) is 0.833. The Balaban J connectivity index is 1.70. The molecule has 4 rings (SSSR count). The smallest absolute Gasteiger partial charge is 0.352 e. The van der Waals surface area contributed by atoms with Crippen molar-refractivity contribution in [3.8, 4) is 11.5 Å². The van der Waals surface area contributed by atoms with Gasteiger partial charge >= 0.3 is 5.97 Å². The maximum atomic E-state index is 11.8. The predicted octanol–water partition coefficient (Wildman–Crippen LogP) is 4.75. The van der Waals surface area contributed by atoms with Crippen LogP contribution in [0.3, 0.4) is 0 Å². The molecule has 152 valence electrons. The molecule has 0 saturated heterocycles. The minimum atomic E-state index is -1.02. The van der Waals surface area contributed by atoms with Crippen molar-refractivity contribution in [1.82, 2.24) is 9.88 Å². The Morgan fingerprint density at radius 2 is 1.83 bits per heavy atom. The Hall–Kier alpha value is -2.41. The average Bonchev–Trinajstić information content (AvgIpc) is 3.05. The number of ether oxygens (including phenoxy) is 2. The third-order valence-corrected chi connectivity index (χ3v) is 5.83. The Morgan fingerprint density at radius 3 is 2.48 bits per heavy atom. The third-order valence-electron chi connectivity index (χ3n) is 5.31. The van der Waals surface area contributed by atoms with Gasteiger partial charge in [0.25, 0.3) is 0 Å². The van der Waals surface area contributed by atoms with Gasteiger partial charge in [0.1, 0.15) is 5.69 Å². The van der Waals surface area contributed by atoms with E-state index in [0.29, 0.717) is 51.1 Å². The topological polar surface area (TPSA) is 74.8 Å². The molecule has 3 aromatic rings. The van der Waals surface area contributed by atoms with Crippen molar-refractivity contribution in [2.24, 2.45) is 0 Å². The van der Waals surface area contributed by atoms with Crippen LogP contribution in [0.5, 0.6) is 11.5 Å². The molecule has 0 atom stereocenters. The van der Waals surface area contributed by atoms with Gasteiger partial charge in [0.05, 0.1) is 19.2 Å². The largest absolute Gasteiger partial charge is 0.493 e. The fourth-order valence-electron chi connectivity index (χ4n) is 3.95. The quantitative estimate of drug-likeness (QED) is 0.605. The van der Waals surface area contributed by atoms with Crippen molar-refractivity contribution in [3.63, 3.8) is 0 Å². The highest BCUT2D eigenvalue weighted by Gasteiger charge is 2.25. The number of rotatable bonds is 5. The van der Waals surface area contributed by atoms with E-state index in [1.54, 1.807) is 26.4 Å². The number of carbonyl (C=O) groups is 1. The molecule has 0 amide bonds. The number of H-pyrrole nitrogens is 1. The number of nitrogens with one attached hydrogen (secondary N) is 1. The van der Waals surface area contributed by atoms with E-state index in [1.165, 1.54) is 5.56 Å². The number of carboxylic acid groups (broad SMARTS) is 1. The van der Waals surface area contributed by atoms with Crippen LogP contribution in [-0.4, -0.2) is 41.7 Å². The zero-order valence-corrected chi connectivity index (χ0v) is 17.5. The Labute approximate surface area is 177 Å². The Morgan fingerprint density at radius 1 is 1.14 bits per heavy atom. The lowest BCUT2D eigenvalue weighted by Gasteiger charge is -2.29. The molecule has 1 aliphatic heterocycles. The van der Waals surface area contributed by atoms with Crippen molar-refractivity contribution >= 4 is 40.1 Å². The molecule has 2 N–H and O–H groups in total. The second-order valence-electron chi connectivity index (χ2n) is 7.03. The summed E-state index contributed by atoms with van der Waals surface area (Å²) in [5.41, 5.74) is 3.78. The molecule has 1 aromatic heterocycles. The summed E-state index contributed by atoms with van der Waals surface area (Å²) in [6, 6.07) is 7.33. The molecular formula is C21H20Cl2N2O4. The van der Waals surface area contributed by atoms with Gasteiger partial charge in [-0.3, -0.25) is 4.90 Å². The normalized spacial score (nSPS) is 14.1. The first kappa shape index (κ1) is 19.9. The van der Waals surface area contributed by atoms with Gasteiger partial charge in [-0.2, -0.15) is 0 Å². The molecule has 8 heteroatoms. The van der Waals surface area contributed by atoms with Crippen molar-refractivity contribution in [2.75, 3.05) is 20.8 Å². The number of benzene rings is 2. The molecule has 2 heterocycles.